The first-order chi connectivity index (χ1) is 8.58. The number of hydrogen-bond acceptors (Lipinski definition) is 2. The van der Waals surface area contributed by atoms with Crippen molar-refractivity contribution in [1.29, 1.82) is 0 Å². The lowest BCUT2D eigenvalue weighted by molar-refractivity contribution is -0.115. The Bertz CT molecular complexity index is 439. The fourth-order valence-corrected chi connectivity index (χ4v) is 2.27. The average Bonchev–Trinajstić information content (AvgIpc) is 2.82. The Labute approximate surface area is 113 Å². The molecule has 1 N–H and O–H groups in total. The summed E-state index contributed by atoms with van der Waals surface area (Å²) in [5.41, 5.74) is 3.11. The molecule has 1 aliphatic rings. The molecule has 0 bridgehead atoms. The molecule has 0 unspecified atom stereocenters. The third kappa shape index (κ3) is 2.96. The lowest BCUT2D eigenvalue weighted by atomic mass is 10.1. The van der Waals surface area contributed by atoms with Crippen molar-refractivity contribution in [2.24, 2.45) is 0 Å². The van der Waals surface area contributed by atoms with Crippen molar-refractivity contribution in [2.45, 2.75) is 32.1 Å². The predicted octanol–water partition coefficient (Wildman–Crippen LogP) is 3.16. The fraction of sp³-hybridized carbons (Fsp3) is 0.500. The van der Waals surface area contributed by atoms with Crippen molar-refractivity contribution in [1.82, 2.24) is 0 Å². The smallest absolute Gasteiger partial charge is 0.242 e. The number of carbonyl (C=O) groups excluding carboxylic acids is 1. The minimum Gasteiger partial charge on any atom is -0.370 e. The van der Waals surface area contributed by atoms with Crippen molar-refractivity contribution in [3.05, 3.63) is 23.8 Å². The largest absolute Gasteiger partial charge is 0.370 e. The summed E-state index contributed by atoms with van der Waals surface area (Å²) < 4.78 is 0. The highest BCUT2D eigenvalue weighted by Gasteiger charge is 2.18. The standard InChI is InChI=1S/C14H19ClN2O/c1-10-5-6-13(17-7-3-4-8-17)12(9-10)16-14(18)11(2)15/h5-6,9,11H,3-4,7-8H2,1-2H3,(H,16,18)/t11-/m0/s1. The van der Waals surface area contributed by atoms with Gasteiger partial charge < -0.3 is 10.2 Å². The number of halogens is 1. The number of benzene rings is 1. The zero-order valence-corrected chi connectivity index (χ0v) is 11.6. The number of amides is 1. The van der Waals surface area contributed by atoms with Crippen molar-refractivity contribution < 1.29 is 4.79 Å². The summed E-state index contributed by atoms with van der Waals surface area (Å²) in [5.74, 6) is -0.150. The summed E-state index contributed by atoms with van der Waals surface area (Å²) in [6.07, 6.45) is 2.43. The molecule has 0 radical (unpaired) electrons. The number of nitrogens with zero attached hydrogens (tertiary/aromatic N) is 1. The molecule has 0 spiro atoms. The van der Waals surface area contributed by atoms with Crippen LogP contribution in [0.1, 0.15) is 25.3 Å². The second kappa shape index (κ2) is 5.61. The van der Waals surface area contributed by atoms with Gasteiger partial charge in [0.15, 0.2) is 0 Å². The Morgan fingerprint density at radius 1 is 1.39 bits per heavy atom. The molecule has 1 amide bonds. The van der Waals surface area contributed by atoms with Crippen molar-refractivity contribution >= 4 is 28.9 Å². The van der Waals surface area contributed by atoms with Gasteiger partial charge in [-0.1, -0.05) is 6.07 Å². The molecule has 98 valence electrons. The van der Waals surface area contributed by atoms with Crippen LogP contribution in [0.5, 0.6) is 0 Å². The first kappa shape index (κ1) is 13.2. The van der Waals surface area contributed by atoms with Gasteiger partial charge in [0.1, 0.15) is 5.38 Å². The van der Waals surface area contributed by atoms with Crippen molar-refractivity contribution in [2.75, 3.05) is 23.3 Å². The lowest BCUT2D eigenvalue weighted by Gasteiger charge is -2.22. The molecule has 0 aliphatic carbocycles. The van der Waals surface area contributed by atoms with E-state index in [0.717, 1.165) is 30.0 Å². The second-order valence-corrected chi connectivity index (χ2v) is 5.47. The molecule has 1 heterocycles. The Kier molecular flexibility index (Phi) is 4.12. The quantitative estimate of drug-likeness (QED) is 0.853. The summed E-state index contributed by atoms with van der Waals surface area (Å²) in [6, 6.07) is 6.16. The van der Waals surface area contributed by atoms with E-state index in [2.05, 4.69) is 22.3 Å². The molecule has 18 heavy (non-hydrogen) atoms. The van der Waals surface area contributed by atoms with E-state index < -0.39 is 5.38 Å². The number of rotatable bonds is 3. The molecular weight excluding hydrogens is 248 g/mol. The molecule has 1 aromatic carbocycles. The maximum atomic E-state index is 11.7. The van der Waals surface area contributed by atoms with Gasteiger partial charge in [0, 0.05) is 13.1 Å². The van der Waals surface area contributed by atoms with Crippen LogP contribution >= 0.6 is 11.6 Å². The van der Waals surface area contributed by atoms with Crippen LogP contribution in [0.15, 0.2) is 18.2 Å². The predicted molar refractivity (Wildman–Crippen MR) is 76.6 cm³/mol. The van der Waals surface area contributed by atoms with Gasteiger partial charge >= 0.3 is 0 Å². The number of nitrogens with one attached hydrogen (secondary N) is 1. The SMILES string of the molecule is Cc1ccc(N2CCCC2)c(NC(=O)[C@H](C)Cl)c1. The lowest BCUT2D eigenvalue weighted by Crippen LogP contribution is -2.24. The second-order valence-electron chi connectivity index (χ2n) is 4.82. The van der Waals surface area contributed by atoms with Crippen LogP contribution < -0.4 is 10.2 Å². The third-order valence-corrected chi connectivity index (χ3v) is 3.42. The minimum atomic E-state index is -0.517. The van der Waals surface area contributed by atoms with Crippen LogP contribution in [-0.2, 0) is 4.79 Å². The van der Waals surface area contributed by atoms with Crippen LogP contribution in [0.2, 0.25) is 0 Å². The van der Waals surface area contributed by atoms with Gasteiger partial charge in [-0.05, 0) is 44.4 Å². The highest BCUT2D eigenvalue weighted by molar-refractivity contribution is 6.32. The van der Waals surface area contributed by atoms with E-state index in [9.17, 15) is 4.79 Å². The van der Waals surface area contributed by atoms with Gasteiger partial charge in [0.05, 0.1) is 11.4 Å². The first-order valence-corrected chi connectivity index (χ1v) is 6.82. The van der Waals surface area contributed by atoms with Gasteiger partial charge in [-0.25, -0.2) is 0 Å². The molecule has 1 saturated heterocycles. The monoisotopic (exact) mass is 266 g/mol. The Morgan fingerprint density at radius 3 is 2.67 bits per heavy atom. The Morgan fingerprint density at radius 2 is 2.06 bits per heavy atom. The topological polar surface area (TPSA) is 32.3 Å². The molecule has 1 aliphatic heterocycles. The maximum absolute atomic E-state index is 11.7. The zero-order chi connectivity index (χ0) is 13.1. The maximum Gasteiger partial charge on any atom is 0.242 e. The minimum absolute atomic E-state index is 0.150. The Balaban J connectivity index is 2.25. The highest BCUT2D eigenvalue weighted by atomic mass is 35.5. The molecule has 1 aromatic rings. The summed E-state index contributed by atoms with van der Waals surface area (Å²) in [4.78, 5) is 14.0. The number of hydrogen-bond donors (Lipinski definition) is 1. The molecule has 3 nitrogen and oxygen atoms in total. The number of alkyl halides is 1. The molecule has 0 aromatic heterocycles. The van der Waals surface area contributed by atoms with Gasteiger partial charge in [-0.3, -0.25) is 4.79 Å². The van der Waals surface area contributed by atoms with Crippen molar-refractivity contribution in [3.63, 3.8) is 0 Å². The van der Waals surface area contributed by atoms with Gasteiger partial charge in [-0.2, -0.15) is 0 Å². The summed E-state index contributed by atoms with van der Waals surface area (Å²) in [5, 5.41) is 2.40. The number of anilines is 2. The third-order valence-electron chi connectivity index (χ3n) is 3.22. The molecule has 1 atom stereocenters. The summed E-state index contributed by atoms with van der Waals surface area (Å²) in [7, 11) is 0. The van der Waals surface area contributed by atoms with E-state index in [1.54, 1.807) is 6.92 Å². The molecule has 2 rings (SSSR count). The Hall–Kier alpha value is -1.22. The van der Waals surface area contributed by atoms with Crippen LogP contribution in [-0.4, -0.2) is 24.4 Å². The first-order valence-electron chi connectivity index (χ1n) is 6.38. The molecular formula is C14H19ClN2O. The van der Waals surface area contributed by atoms with Crippen LogP contribution in [0, 0.1) is 6.92 Å². The van der Waals surface area contributed by atoms with E-state index in [4.69, 9.17) is 11.6 Å². The average molecular weight is 267 g/mol. The highest BCUT2D eigenvalue weighted by Crippen LogP contribution is 2.30. The van der Waals surface area contributed by atoms with Gasteiger partial charge in [-0.15, -0.1) is 11.6 Å². The summed E-state index contributed by atoms with van der Waals surface area (Å²) >= 11 is 5.80. The normalized spacial score (nSPS) is 16.7. The number of carbonyl (C=O) groups is 1. The van der Waals surface area contributed by atoms with E-state index >= 15 is 0 Å². The van der Waals surface area contributed by atoms with Crippen LogP contribution in [0.3, 0.4) is 0 Å². The summed E-state index contributed by atoms with van der Waals surface area (Å²) in [6.45, 7) is 5.82. The van der Waals surface area contributed by atoms with E-state index in [1.165, 1.54) is 12.8 Å². The van der Waals surface area contributed by atoms with E-state index in [-0.39, 0.29) is 5.91 Å². The van der Waals surface area contributed by atoms with Gasteiger partial charge in [0.2, 0.25) is 5.91 Å². The zero-order valence-electron chi connectivity index (χ0n) is 10.9. The number of aryl methyl sites for hydroxylation is 1. The van der Waals surface area contributed by atoms with Gasteiger partial charge in [0.25, 0.3) is 0 Å². The van der Waals surface area contributed by atoms with Crippen LogP contribution in [0.25, 0.3) is 0 Å². The molecule has 0 saturated carbocycles. The molecule has 1 fully saturated rings. The fourth-order valence-electron chi connectivity index (χ4n) is 2.22. The molecule has 4 heteroatoms. The van der Waals surface area contributed by atoms with Crippen molar-refractivity contribution in [3.8, 4) is 0 Å². The van der Waals surface area contributed by atoms with Crippen LogP contribution in [0.4, 0.5) is 11.4 Å². The van der Waals surface area contributed by atoms with E-state index in [1.807, 2.05) is 13.0 Å². The van der Waals surface area contributed by atoms with E-state index in [0.29, 0.717) is 0 Å².